The molecule has 2 aliphatic rings. The molecule has 1 amide bonds. The van der Waals surface area contributed by atoms with E-state index in [1.165, 1.54) is 23.1 Å². The molecule has 1 aromatic heterocycles. The van der Waals surface area contributed by atoms with E-state index in [1.54, 1.807) is 0 Å². The number of aryl methyl sites for hydroxylation is 1. The third kappa shape index (κ3) is 3.03. The topological polar surface area (TPSA) is 46.1 Å². The summed E-state index contributed by atoms with van der Waals surface area (Å²) in [7, 11) is 0. The zero-order valence-electron chi connectivity index (χ0n) is 13.0. The molecule has 0 spiro atoms. The Labute approximate surface area is 153 Å². The molecule has 2 heterocycles. The predicted octanol–water partition coefficient (Wildman–Crippen LogP) is 3.94. The Bertz CT molecular complexity index is 830. The fourth-order valence-corrected chi connectivity index (χ4v) is 5.74. The van der Waals surface area contributed by atoms with Gasteiger partial charge in [0.2, 0.25) is 5.91 Å². The van der Waals surface area contributed by atoms with Crippen LogP contribution in [-0.4, -0.2) is 33.1 Å². The maximum Gasteiger partial charge on any atom is 0.238 e. The number of hydrogen-bond acceptors (Lipinski definition) is 6. The molecule has 0 unspecified atom stereocenters. The number of carbonyl (C=O) groups excluding carboxylic acids is 1. The minimum atomic E-state index is 0.0687. The largest absolute Gasteiger partial charge is 0.302 e. The molecule has 0 bridgehead atoms. The second-order valence-corrected chi connectivity index (χ2v) is 9.07. The molecule has 0 saturated heterocycles. The maximum atomic E-state index is 13.0. The zero-order chi connectivity index (χ0) is 16.5. The van der Waals surface area contributed by atoms with Crippen molar-refractivity contribution >= 4 is 46.5 Å². The second-order valence-electron chi connectivity index (χ2n) is 5.45. The number of allylic oxidation sites excluding steroid dienone is 2. The van der Waals surface area contributed by atoms with Gasteiger partial charge >= 0.3 is 0 Å². The molecule has 0 fully saturated rings. The first-order valence-electron chi connectivity index (χ1n) is 7.58. The lowest BCUT2D eigenvalue weighted by molar-refractivity contribution is -0.116. The van der Waals surface area contributed by atoms with E-state index in [0.717, 1.165) is 19.9 Å². The van der Waals surface area contributed by atoms with Crippen LogP contribution in [-0.2, 0) is 4.79 Å². The Kier molecular flexibility index (Phi) is 4.47. The molecule has 4 rings (SSSR count). The molecule has 1 aromatic carbocycles. The van der Waals surface area contributed by atoms with Crippen molar-refractivity contribution in [3.63, 3.8) is 0 Å². The SMILES string of the molecule is Cc1nnc(SCC(=O)N2c3ccccc3S[C@H]3C=CC=C[C@@H]32)s1. The molecule has 4 nitrogen and oxygen atoms in total. The average Bonchev–Trinajstić information content (AvgIpc) is 3.03. The molecular weight excluding hydrogens is 358 g/mol. The van der Waals surface area contributed by atoms with Crippen LogP contribution in [0.4, 0.5) is 5.69 Å². The lowest BCUT2D eigenvalue weighted by atomic mass is 10.0. The minimum Gasteiger partial charge on any atom is -0.302 e. The molecule has 24 heavy (non-hydrogen) atoms. The first-order chi connectivity index (χ1) is 11.7. The lowest BCUT2D eigenvalue weighted by Gasteiger charge is -2.40. The molecule has 2 atom stereocenters. The van der Waals surface area contributed by atoms with Crippen LogP contribution in [0.2, 0.25) is 0 Å². The van der Waals surface area contributed by atoms with Crippen LogP contribution >= 0.6 is 34.9 Å². The molecule has 0 radical (unpaired) electrons. The van der Waals surface area contributed by atoms with Crippen molar-refractivity contribution < 1.29 is 4.79 Å². The van der Waals surface area contributed by atoms with Crippen LogP contribution in [0.15, 0.2) is 57.8 Å². The molecule has 122 valence electrons. The third-order valence-electron chi connectivity index (χ3n) is 3.84. The summed E-state index contributed by atoms with van der Waals surface area (Å²) in [5, 5.41) is 9.29. The van der Waals surface area contributed by atoms with E-state index in [-0.39, 0.29) is 17.2 Å². The van der Waals surface area contributed by atoms with Crippen LogP contribution in [0.3, 0.4) is 0 Å². The zero-order valence-corrected chi connectivity index (χ0v) is 15.4. The Balaban J connectivity index is 1.60. The molecular formula is C17H15N3OS3. The van der Waals surface area contributed by atoms with Crippen molar-refractivity contribution in [3.05, 3.63) is 53.6 Å². The number of benzene rings is 1. The molecule has 2 aromatic rings. The quantitative estimate of drug-likeness (QED) is 0.763. The van der Waals surface area contributed by atoms with E-state index < -0.39 is 0 Å². The highest BCUT2D eigenvalue weighted by Crippen LogP contribution is 2.43. The number of para-hydroxylation sites is 1. The van der Waals surface area contributed by atoms with Crippen molar-refractivity contribution in [2.24, 2.45) is 0 Å². The standard InChI is InChI=1S/C17H15N3OS3/c1-11-18-19-17(23-11)22-10-16(21)20-12-6-2-4-8-14(12)24-15-9-5-3-7-13(15)20/h2-9,12,14H,10H2,1H3/t12-,14-/m0/s1. The number of anilines is 1. The number of aromatic nitrogens is 2. The van der Waals surface area contributed by atoms with Crippen molar-refractivity contribution in [2.45, 2.75) is 27.5 Å². The van der Waals surface area contributed by atoms with Gasteiger partial charge in [0.25, 0.3) is 0 Å². The van der Waals surface area contributed by atoms with Gasteiger partial charge in [0.05, 0.1) is 22.7 Å². The summed E-state index contributed by atoms with van der Waals surface area (Å²) < 4.78 is 0.844. The van der Waals surface area contributed by atoms with Crippen LogP contribution in [0.1, 0.15) is 5.01 Å². The van der Waals surface area contributed by atoms with Crippen molar-refractivity contribution in [2.75, 3.05) is 10.7 Å². The van der Waals surface area contributed by atoms with Crippen molar-refractivity contribution in [1.29, 1.82) is 0 Å². The van der Waals surface area contributed by atoms with E-state index in [4.69, 9.17) is 0 Å². The van der Waals surface area contributed by atoms with Gasteiger partial charge in [-0.1, -0.05) is 59.5 Å². The van der Waals surface area contributed by atoms with Gasteiger partial charge in [-0.2, -0.15) is 0 Å². The Morgan fingerprint density at radius 2 is 2.08 bits per heavy atom. The van der Waals surface area contributed by atoms with E-state index in [0.29, 0.717) is 5.75 Å². The average molecular weight is 374 g/mol. The fourth-order valence-electron chi connectivity index (χ4n) is 2.81. The lowest BCUT2D eigenvalue weighted by Crippen LogP contribution is -2.48. The number of hydrogen-bond donors (Lipinski definition) is 0. The van der Waals surface area contributed by atoms with E-state index in [9.17, 15) is 4.79 Å². The number of nitrogens with zero attached hydrogens (tertiary/aromatic N) is 3. The predicted molar refractivity (Wildman–Crippen MR) is 101 cm³/mol. The van der Waals surface area contributed by atoms with Gasteiger partial charge in [-0.15, -0.1) is 22.0 Å². The highest BCUT2D eigenvalue weighted by molar-refractivity contribution is 8.01. The Morgan fingerprint density at radius 3 is 2.92 bits per heavy atom. The highest BCUT2D eigenvalue weighted by atomic mass is 32.2. The minimum absolute atomic E-state index is 0.0687. The Morgan fingerprint density at radius 1 is 1.25 bits per heavy atom. The number of thioether (sulfide) groups is 2. The second kappa shape index (κ2) is 6.74. The number of rotatable bonds is 3. The van der Waals surface area contributed by atoms with Gasteiger partial charge in [-0.05, 0) is 19.1 Å². The van der Waals surface area contributed by atoms with Crippen LogP contribution in [0.25, 0.3) is 0 Å². The maximum absolute atomic E-state index is 13.0. The van der Waals surface area contributed by atoms with Gasteiger partial charge in [0, 0.05) is 4.90 Å². The number of carbonyl (C=O) groups is 1. The first kappa shape index (κ1) is 15.9. The van der Waals surface area contributed by atoms with Crippen LogP contribution in [0, 0.1) is 6.92 Å². The smallest absolute Gasteiger partial charge is 0.238 e. The highest BCUT2D eigenvalue weighted by Gasteiger charge is 2.36. The number of fused-ring (bicyclic) bond motifs is 2. The summed E-state index contributed by atoms with van der Waals surface area (Å²) in [6, 6.07) is 8.20. The van der Waals surface area contributed by atoms with Gasteiger partial charge in [-0.3, -0.25) is 4.79 Å². The van der Waals surface area contributed by atoms with Crippen LogP contribution in [0.5, 0.6) is 0 Å². The molecule has 0 saturated carbocycles. The molecule has 0 N–H and O–H groups in total. The first-order valence-corrected chi connectivity index (χ1v) is 10.3. The van der Waals surface area contributed by atoms with Gasteiger partial charge in [0.1, 0.15) is 5.01 Å². The van der Waals surface area contributed by atoms with Gasteiger partial charge < -0.3 is 4.90 Å². The summed E-state index contributed by atoms with van der Waals surface area (Å²) in [5.41, 5.74) is 1.00. The van der Waals surface area contributed by atoms with E-state index in [1.807, 2.05) is 47.9 Å². The summed E-state index contributed by atoms with van der Waals surface area (Å²) in [5.74, 6) is 0.476. The van der Waals surface area contributed by atoms with Gasteiger partial charge in [0.15, 0.2) is 4.34 Å². The summed E-state index contributed by atoms with van der Waals surface area (Å²) in [6.45, 7) is 1.92. The van der Waals surface area contributed by atoms with E-state index >= 15 is 0 Å². The summed E-state index contributed by atoms with van der Waals surface area (Å²) in [4.78, 5) is 16.1. The third-order valence-corrected chi connectivity index (χ3v) is 7.10. The van der Waals surface area contributed by atoms with Gasteiger partial charge in [-0.25, -0.2) is 0 Å². The van der Waals surface area contributed by atoms with Crippen LogP contribution < -0.4 is 4.90 Å². The normalized spacial score (nSPS) is 21.5. The number of amides is 1. The molecule has 7 heteroatoms. The fraction of sp³-hybridized carbons (Fsp3) is 0.235. The summed E-state index contributed by atoms with van der Waals surface area (Å²) >= 11 is 4.81. The van der Waals surface area contributed by atoms with E-state index in [2.05, 4.69) is 34.5 Å². The monoisotopic (exact) mass is 373 g/mol. The molecule has 1 aliphatic heterocycles. The molecule has 1 aliphatic carbocycles. The van der Waals surface area contributed by atoms with Crippen molar-refractivity contribution in [3.8, 4) is 0 Å². The van der Waals surface area contributed by atoms with Crippen molar-refractivity contribution in [1.82, 2.24) is 10.2 Å². The summed E-state index contributed by atoms with van der Waals surface area (Å²) in [6.07, 6.45) is 8.37. The Hall–Kier alpha value is -1.57.